The largest absolute Gasteiger partial charge is 0.497 e. The van der Waals surface area contributed by atoms with Gasteiger partial charge in [0.05, 0.1) is 39.1 Å². The molecule has 1 aliphatic rings. The molecule has 0 spiro atoms. The maximum absolute atomic E-state index is 12.6. The Morgan fingerprint density at radius 2 is 2.25 bits per heavy atom. The molecular formula is C14H19NO5. The first-order chi connectivity index (χ1) is 9.69. The number of aliphatic hydroxyl groups is 1. The second-order valence-electron chi connectivity index (χ2n) is 4.49. The number of methoxy groups -OCH3 is 2. The minimum atomic E-state index is -0.329. The van der Waals surface area contributed by atoms with Gasteiger partial charge in [-0.1, -0.05) is 0 Å². The number of amides is 1. The number of carbonyl (C=O) groups is 1. The highest BCUT2D eigenvalue weighted by Gasteiger charge is 2.26. The number of aliphatic hydroxyl groups excluding tert-OH is 1. The normalized spacial score (nSPS) is 18.8. The molecule has 0 bridgehead atoms. The minimum Gasteiger partial charge on any atom is -0.497 e. The first-order valence-corrected chi connectivity index (χ1v) is 6.43. The third-order valence-corrected chi connectivity index (χ3v) is 3.27. The summed E-state index contributed by atoms with van der Waals surface area (Å²) in [4.78, 5) is 14.2. The van der Waals surface area contributed by atoms with E-state index in [0.29, 0.717) is 36.8 Å². The molecule has 1 fully saturated rings. The lowest BCUT2D eigenvalue weighted by Gasteiger charge is -2.32. The van der Waals surface area contributed by atoms with E-state index in [1.807, 2.05) is 0 Å². The zero-order chi connectivity index (χ0) is 14.5. The number of benzene rings is 1. The summed E-state index contributed by atoms with van der Waals surface area (Å²) in [7, 11) is 3.07. The maximum atomic E-state index is 12.6. The van der Waals surface area contributed by atoms with Crippen LogP contribution in [0.2, 0.25) is 0 Å². The van der Waals surface area contributed by atoms with E-state index in [-0.39, 0.29) is 18.6 Å². The fourth-order valence-corrected chi connectivity index (χ4v) is 2.17. The van der Waals surface area contributed by atoms with E-state index >= 15 is 0 Å². The van der Waals surface area contributed by atoms with Gasteiger partial charge < -0.3 is 24.2 Å². The molecule has 20 heavy (non-hydrogen) atoms. The summed E-state index contributed by atoms with van der Waals surface area (Å²) >= 11 is 0. The van der Waals surface area contributed by atoms with Crippen molar-refractivity contribution in [2.75, 3.05) is 40.5 Å². The van der Waals surface area contributed by atoms with E-state index in [4.69, 9.17) is 19.3 Å². The molecule has 1 amide bonds. The fourth-order valence-electron chi connectivity index (χ4n) is 2.17. The van der Waals surface area contributed by atoms with Gasteiger partial charge in [0, 0.05) is 13.1 Å². The van der Waals surface area contributed by atoms with Gasteiger partial charge in [0.15, 0.2) is 0 Å². The van der Waals surface area contributed by atoms with Crippen molar-refractivity contribution in [3.8, 4) is 11.5 Å². The van der Waals surface area contributed by atoms with Gasteiger partial charge in [-0.15, -0.1) is 0 Å². The number of hydrogen-bond donors (Lipinski definition) is 1. The Hall–Kier alpha value is -1.79. The number of rotatable bonds is 4. The van der Waals surface area contributed by atoms with Crippen LogP contribution in [0.3, 0.4) is 0 Å². The molecule has 1 aromatic rings. The monoisotopic (exact) mass is 281 g/mol. The molecule has 0 aliphatic carbocycles. The molecule has 1 atom stereocenters. The molecule has 0 radical (unpaired) electrons. The Labute approximate surface area is 117 Å². The number of hydrogen-bond acceptors (Lipinski definition) is 5. The molecular weight excluding hydrogens is 262 g/mol. The highest BCUT2D eigenvalue weighted by atomic mass is 16.5. The Balaban J connectivity index is 2.23. The number of nitrogens with zero attached hydrogens (tertiary/aromatic N) is 1. The Morgan fingerprint density at radius 1 is 1.45 bits per heavy atom. The zero-order valence-corrected chi connectivity index (χ0v) is 11.7. The van der Waals surface area contributed by atoms with Crippen molar-refractivity contribution in [3.63, 3.8) is 0 Å². The number of ether oxygens (including phenoxy) is 3. The van der Waals surface area contributed by atoms with Crippen LogP contribution in [0.1, 0.15) is 10.4 Å². The van der Waals surface area contributed by atoms with Crippen molar-refractivity contribution in [1.82, 2.24) is 4.90 Å². The van der Waals surface area contributed by atoms with E-state index in [0.717, 1.165) is 0 Å². The van der Waals surface area contributed by atoms with Crippen molar-refractivity contribution in [3.05, 3.63) is 23.8 Å². The Kier molecular flexibility index (Phi) is 4.81. The van der Waals surface area contributed by atoms with Gasteiger partial charge in [-0.25, -0.2) is 0 Å². The van der Waals surface area contributed by atoms with Gasteiger partial charge in [-0.3, -0.25) is 4.79 Å². The molecule has 1 unspecified atom stereocenters. The standard InChI is InChI=1S/C14H19NO5/c1-18-10-3-4-13(19-2)12(7-10)14(17)15-5-6-20-11(8-15)9-16/h3-4,7,11,16H,5-6,8-9H2,1-2H3. The summed E-state index contributed by atoms with van der Waals surface area (Å²) in [5.41, 5.74) is 0.449. The molecule has 6 heteroatoms. The van der Waals surface area contributed by atoms with E-state index in [1.54, 1.807) is 30.2 Å². The average Bonchev–Trinajstić information content (AvgIpc) is 2.53. The van der Waals surface area contributed by atoms with Gasteiger partial charge in [-0.05, 0) is 18.2 Å². The molecule has 2 rings (SSSR count). The Morgan fingerprint density at radius 3 is 2.90 bits per heavy atom. The van der Waals surface area contributed by atoms with Crippen LogP contribution in [0.5, 0.6) is 11.5 Å². The van der Waals surface area contributed by atoms with Crippen LogP contribution < -0.4 is 9.47 Å². The molecule has 6 nitrogen and oxygen atoms in total. The number of morpholine rings is 1. The summed E-state index contributed by atoms with van der Waals surface area (Å²) < 4.78 is 15.7. The Bertz CT molecular complexity index is 477. The summed E-state index contributed by atoms with van der Waals surface area (Å²) in [6, 6.07) is 5.10. The van der Waals surface area contributed by atoms with E-state index in [1.165, 1.54) is 7.11 Å². The maximum Gasteiger partial charge on any atom is 0.257 e. The van der Waals surface area contributed by atoms with Crippen LogP contribution in [0.4, 0.5) is 0 Å². The van der Waals surface area contributed by atoms with Crippen molar-refractivity contribution in [1.29, 1.82) is 0 Å². The highest BCUT2D eigenvalue weighted by Crippen LogP contribution is 2.25. The lowest BCUT2D eigenvalue weighted by Crippen LogP contribution is -2.47. The van der Waals surface area contributed by atoms with E-state index < -0.39 is 0 Å². The van der Waals surface area contributed by atoms with Crippen LogP contribution >= 0.6 is 0 Å². The molecule has 1 aromatic carbocycles. The quantitative estimate of drug-likeness (QED) is 0.872. The molecule has 1 N–H and O–H groups in total. The molecule has 0 aromatic heterocycles. The lowest BCUT2D eigenvalue weighted by molar-refractivity contribution is -0.0447. The zero-order valence-electron chi connectivity index (χ0n) is 11.7. The molecule has 0 saturated carbocycles. The van der Waals surface area contributed by atoms with Crippen LogP contribution in [0.15, 0.2) is 18.2 Å². The lowest BCUT2D eigenvalue weighted by atomic mass is 10.1. The molecule has 1 saturated heterocycles. The van der Waals surface area contributed by atoms with E-state index in [9.17, 15) is 4.79 Å². The number of carbonyl (C=O) groups excluding carboxylic acids is 1. The average molecular weight is 281 g/mol. The van der Waals surface area contributed by atoms with Crippen molar-refractivity contribution < 1.29 is 24.1 Å². The molecule has 1 heterocycles. The van der Waals surface area contributed by atoms with Crippen molar-refractivity contribution in [2.45, 2.75) is 6.10 Å². The van der Waals surface area contributed by atoms with Crippen LogP contribution in [-0.4, -0.2) is 62.5 Å². The predicted molar refractivity (Wildman–Crippen MR) is 72.3 cm³/mol. The second kappa shape index (κ2) is 6.58. The van der Waals surface area contributed by atoms with Crippen LogP contribution in [0, 0.1) is 0 Å². The van der Waals surface area contributed by atoms with Crippen LogP contribution in [0.25, 0.3) is 0 Å². The van der Waals surface area contributed by atoms with Gasteiger partial charge in [0.25, 0.3) is 5.91 Å². The van der Waals surface area contributed by atoms with E-state index in [2.05, 4.69) is 0 Å². The fraction of sp³-hybridized carbons (Fsp3) is 0.500. The molecule has 1 aliphatic heterocycles. The first-order valence-electron chi connectivity index (χ1n) is 6.43. The second-order valence-corrected chi connectivity index (χ2v) is 4.49. The summed E-state index contributed by atoms with van der Waals surface area (Å²) in [5, 5.41) is 9.14. The van der Waals surface area contributed by atoms with Gasteiger partial charge in [-0.2, -0.15) is 0 Å². The minimum absolute atomic E-state index is 0.0982. The predicted octanol–water partition coefficient (Wildman–Crippen LogP) is 0.537. The summed E-state index contributed by atoms with van der Waals surface area (Å²) in [5.74, 6) is 0.950. The SMILES string of the molecule is COc1ccc(OC)c(C(=O)N2CCOC(CO)C2)c1. The topological polar surface area (TPSA) is 68.2 Å². The summed E-state index contributed by atoms with van der Waals surface area (Å²) in [6.07, 6.45) is -0.329. The van der Waals surface area contributed by atoms with Gasteiger partial charge in [0.2, 0.25) is 0 Å². The van der Waals surface area contributed by atoms with Crippen molar-refractivity contribution >= 4 is 5.91 Å². The van der Waals surface area contributed by atoms with Gasteiger partial charge in [0.1, 0.15) is 11.5 Å². The third-order valence-electron chi connectivity index (χ3n) is 3.27. The van der Waals surface area contributed by atoms with Crippen LogP contribution in [-0.2, 0) is 4.74 Å². The smallest absolute Gasteiger partial charge is 0.257 e. The van der Waals surface area contributed by atoms with Crippen molar-refractivity contribution in [2.24, 2.45) is 0 Å². The third kappa shape index (κ3) is 3.02. The summed E-state index contributed by atoms with van der Waals surface area (Å²) in [6.45, 7) is 1.19. The first kappa shape index (κ1) is 14.6. The van der Waals surface area contributed by atoms with Gasteiger partial charge >= 0.3 is 0 Å². The highest BCUT2D eigenvalue weighted by molar-refractivity contribution is 5.97. The molecule has 110 valence electrons.